The lowest BCUT2D eigenvalue weighted by atomic mass is 9.79. The van der Waals surface area contributed by atoms with Crippen LogP contribution in [0.5, 0.6) is 0 Å². The van der Waals surface area contributed by atoms with Crippen LogP contribution in [0.25, 0.3) is 11.3 Å². The van der Waals surface area contributed by atoms with Gasteiger partial charge in [-0.25, -0.2) is 4.39 Å². The van der Waals surface area contributed by atoms with Gasteiger partial charge in [-0.1, -0.05) is 39.8 Å². The van der Waals surface area contributed by atoms with Crippen molar-refractivity contribution < 1.29 is 13.7 Å². The second kappa shape index (κ2) is 6.15. The third kappa shape index (κ3) is 3.23. The first kappa shape index (κ1) is 20.6. The lowest BCUT2D eigenvalue weighted by Crippen LogP contribution is -2.41. The van der Waals surface area contributed by atoms with Crippen LogP contribution in [-0.2, 0) is 20.1 Å². The van der Waals surface area contributed by atoms with E-state index in [1.54, 1.807) is 6.20 Å². The summed E-state index contributed by atoms with van der Waals surface area (Å²) in [5, 5.41) is 0. The molecule has 0 radical (unpaired) electrons. The van der Waals surface area contributed by atoms with Crippen molar-refractivity contribution in [1.82, 2.24) is 4.98 Å². The Bertz CT molecular complexity index is 965. The number of hydrogen-bond acceptors (Lipinski definition) is 3. The number of nitrogens with zero attached hydrogens (tertiary/aromatic N) is 1. The van der Waals surface area contributed by atoms with Gasteiger partial charge in [-0.2, -0.15) is 0 Å². The Labute approximate surface area is 174 Å². The molecule has 4 rings (SSSR count). The predicted octanol–water partition coefficient (Wildman–Crippen LogP) is 5.15. The zero-order chi connectivity index (χ0) is 21.4. The number of halogens is 1. The zero-order valence-corrected chi connectivity index (χ0v) is 18.8. The zero-order valence-electron chi connectivity index (χ0n) is 18.8. The summed E-state index contributed by atoms with van der Waals surface area (Å²) in [6, 6.07) is 7.91. The molecule has 5 heteroatoms. The molecule has 0 amide bonds. The molecular formula is C24H31BFNO2. The minimum atomic E-state index is -0.749. The van der Waals surface area contributed by atoms with Gasteiger partial charge in [-0.3, -0.25) is 4.98 Å². The molecule has 0 bridgehead atoms. The third-order valence-electron chi connectivity index (χ3n) is 7.05. The highest BCUT2D eigenvalue weighted by molar-refractivity contribution is 6.62. The van der Waals surface area contributed by atoms with Crippen molar-refractivity contribution in [1.29, 1.82) is 0 Å². The van der Waals surface area contributed by atoms with E-state index < -0.39 is 18.3 Å². The van der Waals surface area contributed by atoms with Gasteiger partial charge in [0, 0.05) is 17.2 Å². The summed E-state index contributed by atoms with van der Waals surface area (Å²) in [6.45, 7) is 17.0. The Morgan fingerprint density at radius 1 is 0.862 bits per heavy atom. The first-order valence-corrected chi connectivity index (χ1v) is 10.4. The number of rotatable bonds is 2. The van der Waals surface area contributed by atoms with Crippen LogP contribution in [-0.4, -0.2) is 23.3 Å². The average Bonchev–Trinajstić information content (AvgIpc) is 2.91. The molecule has 1 saturated heterocycles. The molecule has 0 saturated carbocycles. The van der Waals surface area contributed by atoms with Crippen molar-refractivity contribution in [3.05, 3.63) is 47.4 Å². The normalized spacial score (nSPS) is 23.3. The number of benzene rings is 1. The molecule has 3 nitrogen and oxygen atoms in total. The molecule has 2 heterocycles. The molecule has 2 aromatic rings. The van der Waals surface area contributed by atoms with E-state index in [2.05, 4.69) is 50.9 Å². The maximum Gasteiger partial charge on any atom is 0.499 e. The van der Waals surface area contributed by atoms with Crippen molar-refractivity contribution in [2.75, 3.05) is 0 Å². The Morgan fingerprint density at radius 3 is 2.03 bits per heavy atom. The largest absolute Gasteiger partial charge is 0.499 e. The molecule has 0 spiro atoms. The Morgan fingerprint density at radius 2 is 1.45 bits per heavy atom. The molecule has 29 heavy (non-hydrogen) atoms. The first-order chi connectivity index (χ1) is 13.2. The average molecular weight is 395 g/mol. The molecule has 1 aliphatic carbocycles. The molecule has 2 aliphatic rings. The quantitative estimate of drug-likeness (QED) is 0.660. The van der Waals surface area contributed by atoms with Crippen molar-refractivity contribution in [2.45, 2.75) is 83.8 Å². The van der Waals surface area contributed by atoms with Crippen LogP contribution in [0.3, 0.4) is 0 Å². The van der Waals surface area contributed by atoms with Gasteiger partial charge in [-0.05, 0) is 68.2 Å². The topological polar surface area (TPSA) is 31.4 Å². The summed E-state index contributed by atoms with van der Waals surface area (Å²) in [4.78, 5) is 4.56. The first-order valence-electron chi connectivity index (χ1n) is 10.4. The maximum atomic E-state index is 15.0. The Kier molecular flexibility index (Phi) is 4.36. The Balaban J connectivity index is 1.68. The predicted molar refractivity (Wildman–Crippen MR) is 116 cm³/mol. The lowest BCUT2D eigenvalue weighted by molar-refractivity contribution is 0.00578. The maximum absolute atomic E-state index is 15.0. The fraction of sp³-hybridized carbons (Fsp3) is 0.542. The number of hydrogen-bond donors (Lipinski definition) is 0. The van der Waals surface area contributed by atoms with Crippen LogP contribution in [0.4, 0.5) is 4.39 Å². The van der Waals surface area contributed by atoms with Crippen molar-refractivity contribution in [3.8, 4) is 11.3 Å². The number of fused-ring (bicyclic) bond motifs is 1. The summed E-state index contributed by atoms with van der Waals surface area (Å²) in [6.07, 6.45) is 2.65. The van der Waals surface area contributed by atoms with E-state index in [4.69, 9.17) is 9.31 Å². The van der Waals surface area contributed by atoms with E-state index in [0.29, 0.717) is 11.2 Å². The van der Waals surface area contributed by atoms with Crippen molar-refractivity contribution in [3.63, 3.8) is 0 Å². The second-order valence-corrected chi connectivity index (χ2v) is 10.9. The van der Waals surface area contributed by atoms with Gasteiger partial charge in [0.1, 0.15) is 5.82 Å². The van der Waals surface area contributed by atoms with Crippen LogP contribution in [0.2, 0.25) is 0 Å². The number of aromatic nitrogens is 1. The standard InChI is InChI=1S/C24H31BFNO2/c1-21(2)14-22(3,4)17-11-15(9-10-16(17)21)20-12-19(26)18(13-27-20)25-28-23(5,6)24(7,8)29-25/h9-13H,14H2,1-8H3. The highest BCUT2D eigenvalue weighted by Gasteiger charge is 2.52. The smallest absolute Gasteiger partial charge is 0.399 e. The minimum Gasteiger partial charge on any atom is -0.399 e. The minimum absolute atomic E-state index is 0.0933. The van der Waals surface area contributed by atoms with Gasteiger partial charge in [-0.15, -0.1) is 0 Å². The summed E-state index contributed by atoms with van der Waals surface area (Å²) in [5.41, 5.74) is 3.84. The fourth-order valence-corrected chi connectivity index (χ4v) is 4.89. The molecule has 1 aromatic heterocycles. The van der Waals surface area contributed by atoms with E-state index in [1.807, 2.05) is 27.7 Å². The Hall–Kier alpha value is -1.72. The molecule has 0 atom stereocenters. The summed E-state index contributed by atoms with van der Waals surface area (Å²) in [5.74, 6) is -0.353. The molecule has 1 aromatic carbocycles. The van der Waals surface area contributed by atoms with E-state index in [1.165, 1.54) is 17.2 Å². The lowest BCUT2D eigenvalue weighted by Gasteiger charge is -2.32. The van der Waals surface area contributed by atoms with Gasteiger partial charge in [0.25, 0.3) is 0 Å². The van der Waals surface area contributed by atoms with Gasteiger partial charge in [0.15, 0.2) is 0 Å². The molecule has 0 unspecified atom stereocenters. The fourth-order valence-electron chi connectivity index (χ4n) is 4.89. The van der Waals surface area contributed by atoms with Crippen LogP contribution in [0.1, 0.15) is 72.9 Å². The summed E-state index contributed by atoms with van der Waals surface area (Å²) in [7, 11) is -0.749. The summed E-state index contributed by atoms with van der Waals surface area (Å²) < 4.78 is 27.0. The highest BCUT2D eigenvalue weighted by Crippen LogP contribution is 2.50. The highest BCUT2D eigenvalue weighted by atomic mass is 19.1. The molecule has 1 fully saturated rings. The van der Waals surface area contributed by atoms with E-state index in [-0.39, 0.29) is 16.6 Å². The van der Waals surface area contributed by atoms with Crippen LogP contribution < -0.4 is 5.46 Å². The van der Waals surface area contributed by atoms with Crippen molar-refractivity contribution in [2.24, 2.45) is 0 Å². The molecular weight excluding hydrogens is 364 g/mol. The monoisotopic (exact) mass is 395 g/mol. The number of pyridine rings is 1. The third-order valence-corrected chi connectivity index (χ3v) is 7.05. The summed E-state index contributed by atoms with van der Waals surface area (Å²) >= 11 is 0. The van der Waals surface area contributed by atoms with Crippen molar-refractivity contribution >= 4 is 12.6 Å². The van der Waals surface area contributed by atoms with Gasteiger partial charge in [0.2, 0.25) is 0 Å². The second-order valence-electron chi connectivity index (χ2n) is 10.9. The SMILES string of the molecule is CC1(C)CC(C)(C)c2cc(-c3cc(F)c(B4OC(C)(C)C(C)(C)O4)cn3)ccc21. The van der Waals surface area contributed by atoms with Gasteiger partial charge < -0.3 is 9.31 Å². The van der Waals surface area contributed by atoms with Crippen LogP contribution in [0.15, 0.2) is 30.5 Å². The molecule has 0 N–H and O–H groups in total. The van der Waals surface area contributed by atoms with Gasteiger partial charge in [0.05, 0.1) is 16.9 Å². The van der Waals surface area contributed by atoms with E-state index >= 15 is 4.39 Å². The van der Waals surface area contributed by atoms with E-state index in [9.17, 15) is 0 Å². The molecule has 1 aliphatic heterocycles. The van der Waals surface area contributed by atoms with Crippen LogP contribution >= 0.6 is 0 Å². The van der Waals surface area contributed by atoms with E-state index in [0.717, 1.165) is 12.0 Å². The van der Waals surface area contributed by atoms with Crippen LogP contribution in [0, 0.1) is 5.82 Å². The van der Waals surface area contributed by atoms with Gasteiger partial charge >= 0.3 is 7.12 Å². The molecule has 154 valence electrons.